The molecular formula is C66H49NSSi3. The number of benzene rings is 11. The number of hydrogen-bond acceptors (Lipinski definition) is 1. The summed E-state index contributed by atoms with van der Waals surface area (Å²) in [5.41, 5.74) is 3.62. The predicted octanol–water partition coefficient (Wildman–Crippen LogP) is 11.2. The Morgan fingerprint density at radius 2 is 0.648 bits per heavy atom. The van der Waals surface area contributed by atoms with Crippen LogP contribution in [0.2, 0.25) is 0 Å². The van der Waals surface area contributed by atoms with Crippen LogP contribution in [0.3, 0.4) is 0 Å². The molecule has 0 aliphatic heterocycles. The molecule has 2 heterocycles. The molecule has 11 aromatic carbocycles. The highest BCUT2D eigenvalue weighted by atomic mass is 32.1. The van der Waals surface area contributed by atoms with Crippen molar-refractivity contribution in [3.05, 3.63) is 297 Å². The van der Waals surface area contributed by atoms with Gasteiger partial charge in [0.1, 0.15) is 22.3 Å². The first-order chi connectivity index (χ1) is 35.3. The van der Waals surface area contributed by atoms with Gasteiger partial charge in [-0.3, -0.25) is 0 Å². The van der Waals surface area contributed by atoms with Crippen molar-refractivity contribution in [2.75, 3.05) is 0 Å². The summed E-state index contributed by atoms with van der Waals surface area (Å²) >= 11 is 1.92. The largest absolute Gasteiger partial charge is 0.309 e. The summed E-state index contributed by atoms with van der Waals surface area (Å²) in [5, 5.41) is 16.6. The molecule has 0 atom stereocenters. The molecule has 2 aromatic heterocycles. The molecule has 0 unspecified atom stereocenters. The van der Waals surface area contributed by atoms with Crippen molar-refractivity contribution < 1.29 is 0 Å². The summed E-state index contributed by atoms with van der Waals surface area (Å²) in [4.78, 5) is 0. The van der Waals surface area contributed by atoms with E-state index in [9.17, 15) is 0 Å². The van der Waals surface area contributed by atoms with Gasteiger partial charge in [-0.2, -0.15) is 0 Å². The average Bonchev–Trinajstić information content (AvgIpc) is 4.01. The van der Waals surface area contributed by atoms with Crippen LogP contribution in [-0.4, -0.2) is 26.9 Å². The summed E-state index contributed by atoms with van der Waals surface area (Å²) in [5.74, 6) is 0. The van der Waals surface area contributed by atoms with Crippen molar-refractivity contribution in [2.45, 2.75) is 0 Å². The van der Waals surface area contributed by atoms with Gasteiger partial charge in [-0.15, -0.1) is 11.3 Å². The Hall–Kier alpha value is -7.91. The smallest absolute Gasteiger partial charge is 0.148 e. The van der Waals surface area contributed by atoms with Gasteiger partial charge in [-0.25, -0.2) is 0 Å². The topological polar surface area (TPSA) is 4.93 Å². The number of fused-ring (bicyclic) bond motifs is 7. The Morgan fingerprint density at radius 3 is 1.13 bits per heavy atom. The van der Waals surface area contributed by atoms with Crippen LogP contribution in [0.4, 0.5) is 0 Å². The quantitative estimate of drug-likeness (QED) is 0.0899. The van der Waals surface area contributed by atoms with Crippen LogP contribution in [0, 0.1) is 0 Å². The van der Waals surface area contributed by atoms with Crippen LogP contribution in [0.25, 0.3) is 47.7 Å². The molecule has 0 bridgehead atoms. The van der Waals surface area contributed by atoms with E-state index in [1.165, 1.54) is 89.2 Å². The second-order valence-corrected chi connectivity index (χ2v) is 39.3. The predicted molar refractivity (Wildman–Crippen MR) is 313 cm³/mol. The van der Waals surface area contributed by atoms with E-state index in [0.717, 1.165) is 0 Å². The number of rotatable bonds is 11. The first-order valence-corrected chi connectivity index (χ1v) is 33.4. The van der Waals surface area contributed by atoms with Crippen LogP contribution in [-0.2, 0) is 0 Å². The van der Waals surface area contributed by atoms with Gasteiger partial charge in [0.2, 0.25) is 0 Å². The van der Waals surface area contributed by atoms with Gasteiger partial charge in [-0.1, -0.05) is 303 Å². The summed E-state index contributed by atoms with van der Waals surface area (Å²) < 4.78 is 5.23. The fraction of sp³-hybridized carbons (Fsp3) is 0. The summed E-state index contributed by atoms with van der Waals surface area (Å²) in [6.45, 7) is 0. The van der Waals surface area contributed by atoms with Crippen LogP contribution in [0.15, 0.2) is 297 Å². The van der Waals surface area contributed by atoms with Gasteiger partial charge in [0.05, 0.1) is 11.0 Å². The molecule has 71 heavy (non-hydrogen) atoms. The minimum atomic E-state index is -3.55. The number of nitrogens with zero attached hydrogens (tertiary/aromatic N) is 1. The molecule has 0 amide bonds. The van der Waals surface area contributed by atoms with Crippen LogP contribution in [0.1, 0.15) is 0 Å². The molecule has 0 aliphatic carbocycles. The van der Waals surface area contributed by atoms with Gasteiger partial charge in [0, 0.05) is 36.6 Å². The maximum atomic E-state index is 2.64. The molecule has 13 rings (SSSR count). The summed E-state index contributed by atoms with van der Waals surface area (Å²) in [6.07, 6.45) is 0. The summed E-state index contributed by atoms with van der Waals surface area (Å²) in [6, 6.07) is 115. The van der Waals surface area contributed by atoms with Crippen molar-refractivity contribution in [3.8, 4) is 5.69 Å². The Balaban J connectivity index is 1.27. The van der Waals surface area contributed by atoms with E-state index in [0.29, 0.717) is 0 Å². The molecule has 336 valence electrons. The molecule has 0 aliphatic rings. The fourth-order valence-electron chi connectivity index (χ4n) is 12.8. The highest BCUT2D eigenvalue weighted by molar-refractivity contribution is 7.89. The van der Waals surface area contributed by atoms with Crippen molar-refractivity contribution in [1.29, 1.82) is 0 Å². The van der Waals surface area contributed by atoms with Gasteiger partial charge < -0.3 is 4.57 Å². The number of aromatic nitrogens is 1. The lowest BCUT2D eigenvalue weighted by Gasteiger charge is -2.59. The summed E-state index contributed by atoms with van der Waals surface area (Å²) in [7, 11) is -10.5. The third kappa shape index (κ3) is 6.41. The molecule has 13 aromatic rings. The van der Waals surface area contributed by atoms with Crippen molar-refractivity contribution >= 4 is 117 Å². The van der Waals surface area contributed by atoms with Gasteiger partial charge in [-0.05, 0) is 35.5 Å². The molecule has 0 fully saturated rings. The lowest BCUT2D eigenvalue weighted by atomic mass is 10.1. The fourth-order valence-corrected chi connectivity index (χ4v) is 59.4. The standard InChI is InChI=1S/C66H49NSSi3/c1-8-28-51(29-9-1)69(52-30-10-2-11-31-52,53-32-12-3-13-33-53)71(56-38-18-6-19-39-56,57-40-20-7-21-41-57)70(54-34-14-4-15-35-54,55-36-16-5-17-37-55)58-42-26-27-50(49-58)67-62-45-24-22-44-61(62)65-63(67)48-47-60-59-43-23-25-46-64(59)68-66(60)65/h1-49H. The van der Waals surface area contributed by atoms with E-state index >= 15 is 0 Å². The lowest BCUT2D eigenvalue weighted by Crippen LogP contribution is -3.04. The normalized spacial score (nSPS) is 12.2. The maximum Gasteiger partial charge on any atom is 0.148 e. The van der Waals surface area contributed by atoms with E-state index in [1.54, 1.807) is 0 Å². The van der Waals surface area contributed by atoms with Crippen LogP contribution < -0.4 is 41.5 Å². The molecule has 1 nitrogen and oxygen atoms in total. The second kappa shape index (κ2) is 17.8. The SMILES string of the molecule is c1ccc([Si](c2ccccc2)(c2ccccc2)[Si](c2ccccc2)(c2ccccc2)[Si](c2ccccc2)(c2ccccc2)c2cccc(-n3c4ccccc4c4c5sc6ccccc6c5ccc43)c2)cc1. The number of para-hydroxylation sites is 1. The number of thiophene rings is 1. The number of hydrogen-bond donors (Lipinski definition) is 0. The molecule has 0 spiro atoms. The third-order valence-electron chi connectivity index (χ3n) is 15.3. The van der Waals surface area contributed by atoms with Crippen molar-refractivity contribution in [3.63, 3.8) is 0 Å². The molecule has 0 saturated heterocycles. The second-order valence-electron chi connectivity index (χ2n) is 18.6. The first-order valence-electron chi connectivity index (χ1n) is 24.6. The van der Waals surface area contributed by atoms with Crippen LogP contribution in [0.5, 0.6) is 0 Å². The van der Waals surface area contributed by atoms with Crippen molar-refractivity contribution in [2.24, 2.45) is 0 Å². The average molecular weight is 972 g/mol. The molecule has 0 saturated carbocycles. The first kappa shape index (κ1) is 43.1. The Kier molecular flexibility index (Phi) is 10.8. The zero-order valence-electron chi connectivity index (χ0n) is 39.1. The van der Waals surface area contributed by atoms with Crippen LogP contribution >= 0.6 is 11.3 Å². The zero-order chi connectivity index (χ0) is 47.2. The van der Waals surface area contributed by atoms with E-state index < -0.39 is 22.3 Å². The van der Waals surface area contributed by atoms with Gasteiger partial charge >= 0.3 is 0 Å². The minimum Gasteiger partial charge on any atom is -0.309 e. The molecule has 5 heteroatoms. The monoisotopic (exact) mass is 971 g/mol. The van der Waals surface area contributed by atoms with E-state index in [-0.39, 0.29) is 0 Å². The lowest BCUT2D eigenvalue weighted by molar-refractivity contribution is 1.18. The third-order valence-corrected chi connectivity index (χ3v) is 50.5. The highest BCUT2D eigenvalue weighted by Gasteiger charge is 2.72. The molecule has 0 N–H and O–H groups in total. The maximum absolute atomic E-state index is 3.55. The van der Waals surface area contributed by atoms with E-state index in [2.05, 4.69) is 302 Å². The Bertz CT molecular complexity index is 3800. The van der Waals surface area contributed by atoms with Gasteiger partial charge in [0.25, 0.3) is 0 Å². The molecule has 0 radical (unpaired) electrons. The molecular weight excluding hydrogens is 923 g/mol. The van der Waals surface area contributed by atoms with E-state index in [4.69, 9.17) is 0 Å². The van der Waals surface area contributed by atoms with Gasteiger partial charge in [0.15, 0.2) is 0 Å². The zero-order valence-corrected chi connectivity index (χ0v) is 43.0. The van der Waals surface area contributed by atoms with Crippen molar-refractivity contribution in [1.82, 2.24) is 4.57 Å². The Labute approximate surface area is 421 Å². The van der Waals surface area contributed by atoms with E-state index in [1.807, 2.05) is 11.3 Å². The Morgan fingerprint density at radius 1 is 0.268 bits per heavy atom. The highest BCUT2D eigenvalue weighted by Crippen LogP contribution is 2.43. The minimum absolute atomic E-state index is 1.17.